The zero-order valence-corrected chi connectivity index (χ0v) is 12.0. The minimum Gasteiger partial charge on any atom is -0.0837 e. The summed E-state index contributed by atoms with van der Waals surface area (Å²) in [6.07, 6.45) is 1.04. The van der Waals surface area contributed by atoms with Gasteiger partial charge < -0.3 is 0 Å². The monoisotopic (exact) mass is 258 g/mol. The number of rotatable bonds is 2. The van der Waals surface area contributed by atoms with E-state index in [0.717, 1.165) is 17.0 Å². The SMILES string of the molecule is CC(C)(C)Cc1ccc(-c2ccccc2)c(Cl)c1. The van der Waals surface area contributed by atoms with Crippen LogP contribution in [0.15, 0.2) is 48.5 Å². The van der Waals surface area contributed by atoms with Gasteiger partial charge in [0.15, 0.2) is 0 Å². The molecule has 0 fully saturated rings. The quantitative estimate of drug-likeness (QED) is 0.658. The summed E-state index contributed by atoms with van der Waals surface area (Å²) in [5, 5.41) is 0.836. The molecule has 0 nitrogen and oxygen atoms in total. The standard InChI is InChI=1S/C17H19Cl/c1-17(2,3)12-13-9-10-15(16(18)11-13)14-7-5-4-6-8-14/h4-11H,12H2,1-3H3. The smallest absolute Gasteiger partial charge is 0.0487 e. The largest absolute Gasteiger partial charge is 0.0837 e. The third-order valence-electron chi connectivity index (χ3n) is 2.85. The van der Waals surface area contributed by atoms with Crippen molar-refractivity contribution in [3.8, 4) is 11.1 Å². The molecule has 2 aromatic carbocycles. The maximum absolute atomic E-state index is 6.39. The zero-order valence-electron chi connectivity index (χ0n) is 11.2. The highest BCUT2D eigenvalue weighted by Crippen LogP contribution is 2.30. The average molecular weight is 259 g/mol. The molecule has 0 aliphatic carbocycles. The predicted molar refractivity (Wildman–Crippen MR) is 80.0 cm³/mol. The fourth-order valence-electron chi connectivity index (χ4n) is 2.13. The van der Waals surface area contributed by atoms with Crippen LogP contribution in [0.3, 0.4) is 0 Å². The summed E-state index contributed by atoms with van der Waals surface area (Å²) in [7, 11) is 0. The topological polar surface area (TPSA) is 0 Å². The molecule has 0 amide bonds. The summed E-state index contributed by atoms with van der Waals surface area (Å²) < 4.78 is 0. The molecule has 2 aromatic rings. The van der Waals surface area contributed by atoms with E-state index in [9.17, 15) is 0 Å². The van der Waals surface area contributed by atoms with E-state index in [1.807, 2.05) is 18.2 Å². The second-order valence-electron chi connectivity index (χ2n) is 5.92. The molecular weight excluding hydrogens is 240 g/mol. The Labute approximate surface area is 115 Å². The number of benzene rings is 2. The van der Waals surface area contributed by atoms with Crippen LogP contribution in [-0.4, -0.2) is 0 Å². The Balaban J connectivity index is 2.32. The number of hydrogen-bond donors (Lipinski definition) is 0. The Kier molecular flexibility index (Phi) is 3.77. The average Bonchev–Trinajstić information content (AvgIpc) is 2.28. The fourth-order valence-corrected chi connectivity index (χ4v) is 2.45. The van der Waals surface area contributed by atoms with E-state index >= 15 is 0 Å². The first-order chi connectivity index (χ1) is 8.46. The third-order valence-corrected chi connectivity index (χ3v) is 3.17. The molecule has 0 saturated heterocycles. The highest BCUT2D eigenvalue weighted by atomic mass is 35.5. The first kappa shape index (κ1) is 13.2. The number of halogens is 1. The Morgan fingerprint density at radius 2 is 1.61 bits per heavy atom. The minimum absolute atomic E-state index is 0.289. The molecule has 0 aromatic heterocycles. The van der Waals surface area contributed by atoms with Crippen molar-refractivity contribution in [2.45, 2.75) is 27.2 Å². The van der Waals surface area contributed by atoms with Crippen LogP contribution in [0.5, 0.6) is 0 Å². The van der Waals surface area contributed by atoms with Gasteiger partial charge in [0, 0.05) is 10.6 Å². The fraction of sp³-hybridized carbons (Fsp3) is 0.294. The van der Waals surface area contributed by atoms with Crippen LogP contribution in [0.25, 0.3) is 11.1 Å². The minimum atomic E-state index is 0.289. The lowest BCUT2D eigenvalue weighted by Crippen LogP contribution is -2.08. The van der Waals surface area contributed by atoms with Gasteiger partial charge in [0.1, 0.15) is 0 Å². The zero-order chi connectivity index (χ0) is 13.2. The van der Waals surface area contributed by atoms with E-state index in [-0.39, 0.29) is 5.41 Å². The summed E-state index contributed by atoms with van der Waals surface area (Å²) in [5.41, 5.74) is 3.87. The molecular formula is C17H19Cl. The van der Waals surface area contributed by atoms with Crippen LogP contribution in [0, 0.1) is 5.41 Å². The molecule has 0 saturated carbocycles. The van der Waals surface area contributed by atoms with E-state index in [2.05, 4.69) is 51.1 Å². The molecule has 0 N–H and O–H groups in total. The van der Waals surface area contributed by atoms with Crippen molar-refractivity contribution in [3.63, 3.8) is 0 Å². The second-order valence-corrected chi connectivity index (χ2v) is 6.32. The van der Waals surface area contributed by atoms with Gasteiger partial charge in [-0.15, -0.1) is 0 Å². The third kappa shape index (κ3) is 3.36. The Morgan fingerprint density at radius 3 is 2.17 bits per heavy atom. The van der Waals surface area contributed by atoms with Gasteiger partial charge in [-0.25, -0.2) is 0 Å². The molecule has 0 aliphatic heterocycles. The van der Waals surface area contributed by atoms with Crippen molar-refractivity contribution in [2.75, 3.05) is 0 Å². The molecule has 0 unspecified atom stereocenters. The first-order valence-corrected chi connectivity index (χ1v) is 6.67. The van der Waals surface area contributed by atoms with E-state index in [4.69, 9.17) is 11.6 Å². The lowest BCUT2D eigenvalue weighted by atomic mass is 9.87. The van der Waals surface area contributed by atoms with E-state index in [0.29, 0.717) is 0 Å². The Bertz CT molecular complexity index is 521. The van der Waals surface area contributed by atoms with Crippen LogP contribution < -0.4 is 0 Å². The summed E-state index contributed by atoms with van der Waals surface area (Å²) >= 11 is 6.39. The van der Waals surface area contributed by atoms with Gasteiger partial charge in [-0.2, -0.15) is 0 Å². The normalized spacial score (nSPS) is 11.6. The Hall–Kier alpha value is -1.27. The molecule has 2 rings (SSSR count). The molecule has 0 bridgehead atoms. The molecule has 18 heavy (non-hydrogen) atoms. The van der Waals surface area contributed by atoms with E-state index in [1.54, 1.807) is 0 Å². The van der Waals surface area contributed by atoms with Gasteiger partial charge in [-0.3, -0.25) is 0 Å². The Morgan fingerprint density at radius 1 is 0.944 bits per heavy atom. The van der Waals surface area contributed by atoms with Crippen molar-refractivity contribution in [1.29, 1.82) is 0 Å². The number of hydrogen-bond acceptors (Lipinski definition) is 0. The first-order valence-electron chi connectivity index (χ1n) is 6.29. The maximum Gasteiger partial charge on any atom is 0.0487 e. The van der Waals surface area contributed by atoms with Gasteiger partial charge in [0.25, 0.3) is 0 Å². The van der Waals surface area contributed by atoms with E-state index < -0.39 is 0 Å². The van der Waals surface area contributed by atoms with Gasteiger partial charge in [0.05, 0.1) is 0 Å². The van der Waals surface area contributed by atoms with Crippen molar-refractivity contribution < 1.29 is 0 Å². The summed E-state index contributed by atoms with van der Waals surface area (Å²) in [4.78, 5) is 0. The van der Waals surface area contributed by atoms with Crippen LogP contribution in [0.1, 0.15) is 26.3 Å². The molecule has 0 spiro atoms. The lowest BCUT2D eigenvalue weighted by molar-refractivity contribution is 0.411. The highest BCUT2D eigenvalue weighted by Gasteiger charge is 2.12. The summed E-state index contributed by atoms with van der Waals surface area (Å²) in [6.45, 7) is 6.73. The van der Waals surface area contributed by atoms with Crippen LogP contribution in [-0.2, 0) is 6.42 Å². The highest BCUT2D eigenvalue weighted by molar-refractivity contribution is 6.33. The maximum atomic E-state index is 6.39. The van der Waals surface area contributed by atoms with Crippen molar-refractivity contribution in [3.05, 3.63) is 59.1 Å². The summed E-state index contributed by atoms with van der Waals surface area (Å²) in [5.74, 6) is 0. The second kappa shape index (κ2) is 5.16. The summed E-state index contributed by atoms with van der Waals surface area (Å²) in [6, 6.07) is 16.7. The van der Waals surface area contributed by atoms with Crippen LogP contribution >= 0.6 is 11.6 Å². The van der Waals surface area contributed by atoms with E-state index in [1.165, 1.54) is 11.1 Å². The van der Waals surface area contributed by atoms with Gasteiger partial charge in [-0.05, 0) is 29.0 Å². The molecule has 0 atom stereocenters. The molecule has 94 valence electrons. The molecule has 1 heteroatoms. The van der Waals surface area contributed by atoms with Crippen molar-refractivity contribution >= 4 is 11.6 Å². The molecule has 0 radical (unpaired) electrons. The van der Waals surface area contributed by atoms with Gasteiger partial charge in [0.2, 0.25) is 0 Å². The van der Waals surface area contributed by atoms with Crippen molar-refractivity contribution in [1.82, 2.24) is 0 Å². The van der Waals surface area contributed by atoms with Gasteiger partial charge in [-0.1, -0.05) is 74.8 Å². The van der Waals surface area contributed by atoms with Crippen LogP contribution in [0.2, 0.25) is 5.02 Å². The molecule has 0 aliphatic rings. The van der Waals surface area contributed by atoms with Crippen molar-refractivity contribution in [2.24, 2.45) is 5.41 Å². The van der Waals surface area contributed by atoms with Crippen LogP contribution in [0.4, 0.5) is 0 Å². The van der Waals surface area contributed by atoms with Gasteiger partial charge >= 0.3 is 0 Å². The predicted octanol–water partition coefficient (Wildman–Crippen LogP) is 5.60. The lowest BCUT2D eigenvalue weighted by Gasteiger charge is -2.18. The molecule has 0 heterocycles.